The lowest BCUT2D eigenvalue weighted by Crippen LogP contribution is -2.65. The van der Waals surface area contributed by atoms with Crippen molar-refractivity contribution in [3.05, 3.63) is 33.4 Å². The Balaban J connectivity index is 2.43. The minimum Gasteiger partial charge on any atom is -0.276 e. The van der Waals surface area contributed by atoms with E-state index in [-0.39, 0.29) is 12.0 Å². The third-order valence-electron chi connectivity index (χ3n) is 4.53. The van der Waals surface area contributed by atoms with Gasteiger partial charge in [-0.1, -0.05) is 32.9 Å². The zero-order chi connectivity index (χ0) is 18.8. The first kappa shape index (κ1) is 19.6. The molecule has 5 amide bonds. The van der Waals surface area contributed by atoms with E-state index in [0.29, 0.717) is 27.2 Å². The molecule has 7 heteroatoms. The second-order valence-electron chi connectivity index (χ2n) is 6.55. The fraction of sp³-hybridized carbons (Fsp3) is 0.444. The van der Waals surface area contributed by atoms with Crippen LogP contribution in [0.25, 0.3) is 0 Å². The lowest BCUT2D eigenvalue weighted by Gasteiger charge is -2.38. The number of nitrogens with zero attached hydrogens (tertiary/aromatic N) is 1. The Labute approximate surface area is 160 Å². The standard InChI is InChI=1S/C18H21IN2O4/c1-4-18(10-9-11(2)3)15(23)20-17(25)21(16(18)24)14(22)12-7-5-6-8-13(12)19/h5-8,11H,4,9-10H2,1-3H3,(H,20,23,25). The molecule has 134 valence electrons. The number of carbonyl (C=O) groups is 4. The first-order valence-electron chi connectivity index (χ1n) is 8.23. The molecule has 0 bridgehead atoms. The minimum atomic E-state index is -1.38. The van der Waals surface area contributed by atoms with Crippen LogP contribution < -0.4 is 5.32 Å². The molecule has 1 aliphatic heterocycles. The molecule has 25 heavy (non-hydrogen) atoms. The van der Waals surface area contributed by atoms with E-state index in [0.717, 1.165) is 0 Å². The molecule has 2 rings (SSSR count). The number of halogens is 1. The van der Waals surface area contributed by atoms with E-state index < -0.39 is 29.2 Å². The summed E-state index contributed by atoms with van der Waals surface area (Å²) in [4.78, 5) is 51.2. The van der Waals surface area contributed by atoms with Gasteiger partial charge in [0.15, 0.2) is 0 Å². The molecule has 1 saturated heterocycles. The zero-order valence-corrected chi connectivity index (χ0v) is 16.6. The summed E-state index contributed by atoms with van der Waals surface area (Å²) >= 11 is 1.98. The predicted molar refractivity (Wildman–Crippen MR) is 101 cm³/mol. The van der Waals surface area contributed by atoms with Crippen LogP contribution in [0.1, 0.15) is 50.4 Å². The van der Waals surface area contributed by atoms with Crippen molar-refractivity contribution >= 4 is 46.3 Å². The zero-order valence-electron chi connectivity index (χ0n) is 14.5. The number of imide groups is 4. The van der Waals surface area contributed by atoms with E-state index in [2.05, 4.69) is 5.32 Å². The van der Waals surface area contributed by atoms with E-state index >= 15 is 0 Å². The SMILES string of the molecule is CCC1(CCC(C)C)C(=O)NC(=O)N(C(=O)c2ccccc2I)C1=O. The number of barbiturate groups is 1. The molecule has 1 unspecified atom stereocenters. The van der Waals surface area contributed by atoms with Crippen LogP contribution in [0.5, 0.6) is 0 Å². The fourth-order valence-corrected chi connectivity index (χ4v) is 3.48. The summed E-state index contributed by atoms with van der Waals surface area (Å²) in [7, 11) is 0. The van der Waals surface area contributed by atoms with E-state index in [1.54, 1.807) is 31.2 Å². The topological polar surface area (TPSA) is 83.6 Å². The highest BCUT2D eigenvalue weighted by molar-refractivity contribution is 14.1. The molecule has 1 heterocycles. The van der Waals surface area contributed by atoms with Gasteiger partial charge >= 0.3 is 6.03 Å². The highest BCUT2D eigenvalue weighted by atomic mass is 127. The van der Waals surface area contributed by atoms with Crippen molar-refractivity contribution in [2.45, 2.75) is 40.0 Å². The molecule has 0 radical (unpaired) electrons. The lowest BCUT2D eigenvalue weighted by atomic mass is 9.75. The molecule has 0 spiro atoms. The smallest absolute Gasteiger partial charge is 0.276 e. The highest BCUT2D eigenvalue weighted by Gasteiger charge is 2.54. The third kappa shape index (κ3) is 3.61. The Morgan fingerprint density at radius 1 is 1.24 bits per heavy atom. The van der Waals surface area contributed by atoms with Crippen LogP contribution >= 0.6 is 22.6 Å². The first-order chi connectivity index (χ1) is 11.7. The molecule has 1 atom stereocenters. The maximum Gasteiger partial charge on any atom is 0.338 e. The van der Waals surface area contributed by atoms with Crippen LogP contribution in [0, 0.1) is 14.9 Å². The lowest BCUT2D eigenvalue weighted by molar-refractivity contribution is -0.150. The van der Waals surface area contributed by atoms with Gasteiger partial charge in [-0.05, 0) is 59.9 Å². The Hall–Kier alpha value is -1.77. The second kappa shape index (κ2) is 7.63. The molecule has 1 aliphatic rings. The van der Waals surface area contributed by atoms with E-state index in [4.69, 9.17) is 0 Å². The quantitative estimate of drug-likeness (QED) is 0.419. The average Bonchev–Trinajstić information content (AvgIpc) is 2.55. The van der Waals surface area contributed by atoms with Crippen molar-refractivity contribution < 1.29 is 19.2 Å². The Bertz CT molecular complexity index is 732. The Morgan fingerprint density at radius 3 is 2.44 bits per heavy atom. The van der Waals surface area contributed by atoms with Crippen LogP contribution in [0.4, 0.5) is 4.79 Å². The highest BCUT2D eigenvalue weighted by Crippen LogP contribution is 2.36. The maximum absolute atomic E-state index is 13.1. The number of carbonyl (C=O) groups excluding carboxylic acids is 4. The van der Waals surface area contributed by atoms with E-state index in [9.17, 15) is 19.2 Å². The van der Waals surface area contributed by atoms with Gasteiger partial charge in [-0.25, -0.2) is 4.79 Å². The van der Waals surface area contributed by atoms with Gasteiger partial charge in [0.1, 0.15) is 5.41 Å². The first-order valence-corrected chi connectivity index (χ1v) is 9.31. The number of benzene rings is 1. The molecular weight excluding hydrogens is 435 g/mol. The summed E-state index contributed by atoms with van der Waals surface area (Å²) < 4.78 is 0.631. The molecular formula is C18H21IN2O4. The van der Waals surface area contributed by atoms with Gasteiger partial charge in [0.05, 0.1) is 5.56 Å². The molecule has 0 saturated carbocycles. The summed E-state index contributed by atoms with van der Waals surface area (Å²) in [6.45, 7) is 5.71. The van der Waals surface area contributed by atoms with Crippen LogP contribution in [-0.2, 0) is 9.59 Å². The van der Waals surface area contributed by atoms with Gasteiger partial charge in [0, 0.05) is 3.57 Å². The van der Waals surface area contributed by atoms with Crippen molar-refractivity contribution in [1.29, 1.82) is 0 Å². The summed E-state index contributed by atoms with van der Waals surface area (Å²) in [5.74, 6) is -1.75. The Morgan fingerprint density at radius 2 is 1.88 bits per heavy atom. The van der Waals surface area contributed by atoms with Gasteiger partial charge in [-0.3, -0.25) is 19.7 Å². The van der Waals surface area contributed by atoms with Crippen molar-refractivity contribution in [1.82, 2.24) is 10.2 Å². The van der Waals surface area contributed by atoms with Gasteiger partial charge in [-0.15, -0.1) is 0 Å². The molecule has 1 aromatic carbocycles. The molecule has 6 nitrogen and oxygen atoms in total. The monoisotopic (exact) mass is 456 g/mol. The van der Waals surface area contributed by atoms with Crippen LogP contribution in [0.2, 0.25) is 0 Å². The molecule has 0 aromatic heterocycles. The van der Waals surface area contributed by atoms with Gasteiger partial charge in [-0.2, -0.15) is 4.90 Å². The van der Waals surface area contributed by atoms with Crippen molar-refractivity contribution in [2.75, 3.05) is 0 Å². The number of hydrogen-bond donors (Lipinski definition) is 1. The minimum absolute atomic E-state index is 0.229. The number of urea groups is 1. The van der Waals surface area contributed by atoms with E-state index in [1.807, 2.05) is 36.4 Å². The van der Waals surface area contributed by atoms with E-state index in [1.165, 1.54) is 0 Å². The number of hydrogen-bond acceptors (Lipinski definition) is 4. The Kier molecular flexibility index (Phi) is 5.97. The van der Waals surface area contributed by atoms with Gasteiger partial charge in [0.25, 0.3) is 11.8 Å². The van der Waals surface area contributed by atoms with Gasteiger partial charge in [0.2, 0.25) is 5.91 Å². The number of rotatable bonds is 5. The van der Waals surface area contributed by atoms with Crippen LogP contribution in [0.15, 0.2) is 24.3 Å². The third-order valence-corrected chi connectivity index (χ3v) is 5.47. The largest absolute Gasteiger partial charge is 0.338 e. The average molecular weight is 456 g/mol. The number of nitrogens with one attached hydrogen (secondary N) is 1. The molecule has 0 aliphatic carbocycles. The molecule has 1 fully saturated rings. The van der Waals surface area contributed by atoms with Crippen LogP contribution in [-0.4, -0.2) is 28.7 Å². The summed E-state index contributed by atoms with van der Waals surface area (Å²) in [6.07, 6.45) is 1.17. The van der Waals surface area contributed by atoms with Crippen molar-refractivity contribution in [2.24, 2.45) is 11.3 Å². The normalized spacial score (nSPS) is 20.8. The summed E-state index contributed by atoms with van der Waals surface area (Å²) in [5, 5.41) is 2.20. The molecule has 1 N–H and O–H groups in total. The number of amides is 5. The predicted octanol–water partition coefficient (Wildman–Crippen LogP) is 3.34. The van der Waals surface area contributed by atoms with Crippen molar-refractivity contribution in [3.8, 4) is 0 Å². The van der Waals surface area contributed by atoms with Crippen LogP contribution in [0.3, 0.4) is 0 Å². The summed E-state index contributed by atoms with van der Waals surface area (Å²) in [5.41, 5.74) is -1.12. The van der Waals surface area contributed by atoms with Crippen molar-refractivity contribution in [3.63, 3.8) is 0 Å². The fourth-order valence-electron chi connectivity index (χ4n) is 2.86. The molecule has 1 aromatic rings. The maximum atomic E-state index is 13.1. The van der Waals surface area contributed by atoms with Gasteiger partial charge < -0.3 is 0 Å². The second-order valence-corrected chi connectivity index (χ2v) is 7.72. The summed E-state index contributed by atoms with van der Waals surface area (Å²) in [6, 6.07) is 5.73.